The van der Waals surface area contributed by atoms with Crippen LogP contribution in [0.3, 0.4) is 0 Å². The number of nitrogens with two attached hydrogens (primary N) is 1. The second-order valence-corrected chi connectivity index (χ2v) is 5.96. The lowest BCUT2D eigenvalue weighted by Crippen LogP contribution is -2.40. The summed E-state index contributed by atoms with van der Waals surface area (Å²) in [5, 5.41) is 0. The fourth-order valence-electron chi connectivity index (χ4n) is 4.00. The van der Waals surface area contributed by atoms with Crippen LogP contribution in [0.2, 0.25) is 0 Å². The van der Waals surface area contributed by atoms with Crippen LogP contribution in [0.5, 0.6) is 0 Å². The molecule has 0 aliphatic heterocycles. The topological polar surface area (TPSA) is 26.0 Å². The molecule has 2 N–H and O–H groups in total. The smallest absolute Gasteiger partial charge is 0.0111 e. The van der Waals surface area contributed by atoms with Crippen molar-refractivity contribution in [3.63, 3.8) is 0 Å². The molecule has 1 aromatic rings. The van der Waals surface area contributed by atoms with Crippen LogP contribution in [0.15, 0.2) is 30.3 Å². The van der Waals surface area contributed by atoms with Gasteiger partial charge in [-0.1, -0.05) is 56.0 Å². The van der Waals surface area contributed by atoms with Crippen LogP contribution in [-0.2, 0) is 0 Å². The predicted octanol–water partition coefficient (Wildman–Crippen LogP) is 3.70. The van der Waals surface area contributed by atoms with Crippen molar-refractivity contribution in [2.45, 2.75) is 50.5 Å². The Hall–Kier alpha value is -0.820. The van der Waals surface area contributed by atoms with E-state index in [4.69, 9.17) is 5.73 Å². The maximum Gasteiger partial charge on any atom is 0.0111 e. The van der Waals surface area contributed by atoms with E-state index in [2.05, 4.69) is 30.3 Å². The monoisotopic (exact) mass is 229 g/mol. The molecule has 1 nitrogen and oxygen atoms in total. The molecule has 1 heteroatoms. The Labute approximate surface area is 104 Å². The van der Waals surface area contributed by atoms with Gasteiger partial charge in [-0.25, -0.2) is 0 Å². The molecule has 0 radical (unpaired) electrons. The lowest BCUT2D eigenvalue weighted by Gasteiger charge is -2.43. The molecule has 2 fully saturated rings. The number of rotatable bonds is 1. The van der Waals surface area contributed by atoms with Gasteiger partial charge < -0.3 is 5.73 Å². The van der Waals surface area contributed by atoms with E-state index in [0.717, 1.165) is 11.8 Å². The quantitative estimate of drug-likeness (QED) is 0.780. The molecule has 3 rings (SSSR count). The van der Waals surface area contributed by atoms with Gasteiger partial charge in [0, 0.05) is 6.04 Å². The number of hydrogen-bond acceptors (Lipinski definition) is 1. The Morgan fingerprint density at radius 2 is 1.53 bits per heavy atom. The first kappa shape index (κ1) is 11.3. The minimum atomic E-state index is 0.386. The van der Waals surface area contributed by atoms with Crippen LogP contribution in [0.25, 0.3) is 0 Å². The fourth-order valence-corrected chi connectivity index (χ4v) is 4.00. The van der Waals surface area contributed by atoms with Gasteiger partial charge in [0.25, 0.3) is 0 Å². The Bertz CT molecular complexity index is 359. The largest absolute Gasteiger partial charge is 0.327 e. The molecular formula is C16H23N. The highest BCUT2D eigenvalue weighted by Gasteiger charge is 2.36. The predicted molar refractivity (Wildman–Crippen MR) is 71.8 cm³/mol. The molecular weight excluding hydrogens is 206 g/mol. The van der Waals surface area contributed by atoms with Crippen molar-refractivity contribution >= 4 is 0 Å². The third-order valence-corrected chi connectivity index (χ3v) is 4.94. The second kappa shape index (κ2) is 4.81. The highest BCUT2D eigenvalue weighted by atomic mass is 14.7. The zero-order valence-corrected chi connectivity index (χ0v) is 10.5. The van der Waals surface area contributed by atoms with Gasteiger partial charge in [-0.15, -0.1) is 0 Å². The maximum absolute atomic E-state index is 6.42. The molecule has 2 aliphatic carbocycles. The van der Waals surface area contributed by atoms with Gasteiger partial charge in [-0.2, -0.15) is 0 Å². The van der Waals surface area contributed by atoms with E-state index in [1.54, 1.807) is 0 Å². The van der Waals surface area contributed by atoms with E-state index >= 15 is 0 Å². The molecule has 0 unspecified atom stereocenters. The minimum Gasteiger partial charge on any atom is -0.327 e. The zero-order valence-electron chi connectivity index (χ0n) is 10.5. The van der Waals surface area contributed by atoms with Crippen LogP contribution in [0, 0.1) is 11.8 Å². The molecule has 0 aromatic heterocycles. The average Bonchev–Trinajstić information content (AvgIpc) is 2.39. The molecule has 1 aromatic carbocycles. The van der Waals surface area contributed by atoms with Crippen molar-refractivity contribution in [1.29, 1.82) is 0 Å². The standard InChI is InChI=1S/C16H23N/c17-16-11-14-9-5-4-8-13(14)10-15(16)12-6-2-1-3-7-12/h1-3,6-7,13-16H,4-5,8-11,17H2/t13-,14-,15+,16-/m0/s1. The number of fused-ring (bicyclic) bond motifs is 1. The summed E-state index contributed by atoms with van der Waals surface area (Å²) in [7, 11) is 0. The van der Waals surface area contributed by atoms with Crippen LogP contribution >= 0.6 is 0 Å². The summed E-state index contributed by atoms with van der Waals surface area (Å²) in [5.74, 6) is 2.49. The lowest BCUT2D eigenvalue weighted by atomic mass is 9.64. The van der Waals surface area contributed by atoms with E-state index < -0.39 is 0 Å². The summed E-state index contributed by atoms with van der Waals surface area (Å²) in [4.78, 5) is 0. The van der Waals surface area contributed by atoms with Crippen LogP contribution < -0.4 is 5.73 Å². The highest BCUT2D eigenvalue weighted by molar-refractivity contribution is 5.22. The van der Waals surface area contributed by atoms with Crippen LogP contribution in [0.1, 0.15) is 50.0 Å². The molecule has 0 spiro atoms. The zero-order chi connectivity index (χ0) is 11.7. The van der Waals surface area contributed by atoms with Crippen LogP contribution in [-0.4, -0.2) is 6.04 Å². The van der Waals surface area contributed by atoms with Gasteiger partial charge in [0.2, 0.25) is 0 Å². The van der Waals surface area contributed by atoms with E-state index in [1.165, 1.54) is 44.1 Å². The number of benzene rings is 1. The van der Waals surface area contributed by atoms with Gasteiger partial charge in [0.05, 0.1) is 0 Å². The maximum atomic E-state index is 6.42. The average molecular weight is 229 g/mol. The molecule has 2 saturated carbocycles. The van der Waals surface area contributed by atoms with Crippen molar-refractivity contribution in [1.82, 2.24) is 0 Å². The Balaban J connectivity index is 1.78. The third kappa shape index (κ3) is 2.26. The number of hydrogen-bond donors (Lipinski definition) is 1. The van der Waals surface area contributed by atoms with E-state index in [1.807, 2.05) is 0 Å². The molecule has 2 aliphatic rings. The van der Waals surface area contributed by atoms with Gasteiger partial charge >= 0.3 is 0 Å². The van der Waals surface area contributed by atoms with Crippen LogP contribution in [0.4, 0.5) is 0 Å². The molecule has 92 valence electrons. The molecule has 17 heavy (non-hydrogen) atoms. The van der Waals surface area contributed by atoms with Crippen molar-refractivity contribution in [3.8, 4) is 0 Å². The minimum absolute atomic E-state index is 0.386. The summed E-state index contributed by atoms with van der Waals surface area (Å²) in [6.45, 7) is 0. The van der Waals surface area contributed by atoms with E-state index in [-0.39, 0.29) is 0 Å². The molecule has 0 bridgehead atoms. The lowest BCUT2D eigenvalue weighted by molar-refractivity contribution is 0.139. The highest BCUT2D eigenvalue weighted by Crippen LogP contribution is 2.45. The fraction of sp³-hybridized carbons (Fsp3) is 0.625. The van der Waals surface area contributed by atoms with Gasteiger partial charge in [-0.05, 0) is 36.2 Å². The molecule has 0 saturated heterocycles. The first-order chi connectivity index (χ1) is 8.34. The van der Waals surface area contributed by atoms with Gasteiger partial charge in [-0.3, -0.25) is 0 Å². The van der Waals surface area contributed by atoms with Crippen molar-refractivity contribution in [2.75, 3.05) is 0 Å². The SMILES string of the molecule is N[C@H]1C[C@@H]2CCCC[C@H]2C[C@@H]1c1ccccc1. The Kier molecular flexibility index (Phi) is 3.19. The molecule has 0 heterocycles. The summed E-state index contributed by atoms with van der Waals surface area (Å²) in [6, 6.07) is 11.3. The van der Waals surface area contributed by atoms with Gasteiger partial charge in [0.15, 0.2) is 0 Å². The second-order valence-electron chi connectivity index (χ2n) is 5.96. The normalized spacial score (nSPS) is 37.5. The summed E-state index contributed by atoms with van der Waals surface area (Å²) in [6.07, 6.45) is 8.34. The first-order valence-electron chi connectivity index (χ1n) is 7.15. The van der Waals surface area contributed by atoms with E-state index in [0.29, 0.717) is 12.0 Å². The Morgan fingerprint density at radius 1 is 0.882 bits per heavy atom. The van der Waals surface area contributed by atoms with Crippen molar-refractivity contribution in [2.24, 2.45) is 17.6 Å². The summed E-state index contributed by atoms with van der Waals surface area (Å²) in [5.41, 5.74) is 7.88. The van der Waals surface area contributed by atoms with E-state index in [9.17, 15) is 0 Å². The molecule has 4 atom stereocenters. The van der Waals surface area contributed by atoms with Crippen molar-refractivity contribution < 1.29 is 0 Å². The third-order valence-electron chi connectivity index (χ3n) is 4.94. The summed E-state index contributed by atoms with van der Waals surface area (Å²) >= 11 is 0. The Morgan fingerprint density at radius 3 is 2.24 bits per heavy atom. The molecule has 0 amide bonds. The van der Waals surface area contributed by atoms with Gasteiger partial charge in [0.1, 0.15) is 0 Å². The summed E-state index contributed by atoms with van der Waals surface area (Å²) < 4.78 is 0. The first-order valence-corrected chi connectivity index (χ1v) is 7.15. The van der Waals surface area contributed by atoms with Crippen molar-refractivity contribution in [3.05, 3.63) is 35.9 Å².